The summed E-state index contributed by atoms with van der Waals surface area (Å²) in [5.74, 6) is 1.30. The van der Waals surface area contributed by atoms with Crippen molar-refractivity contribution in [3.8, 4) is 0 Å². The number of nitrogens with zero attached hydrogens (tertiary/aromatic N) is 1. The van der Waals surface area contributed by atoms with Crippen molar-refractivity contribution in [2.45, 2.75) is 32.2 Å². The zero-order valence-corrected chi connectivity index (χ0v) is 17.2. The van der Waals surface area contributed by atoms with Gasteiger partial charge in [-0.3, -0.25) is 4.79 Å². The van der Waals surface area contributed by atoms with E-state index in [0.29, 0.717) is 18.3 Å². The third kappa shape index (κ3) is 8.41. The number of carbonyl (C=O) groups is 1. The van der Waals surface area contributed by atoms with Crippen molar-refractivity contribution in [3.05, 3.63) is 35.9 Å². The molecule has 0 aliphatic carbocycles. The van der Waals surface area contributed by atoms with Gasteiger partial charge in [0, 0.05) is 13.0 Å². The molecule has 0 saturated carbocycles. The van der Waals surface area contributed by atoms with Crippen LogP contribution < -0.4 is 10.6 Å². The van der Waals surface area contributed by atoms with E-state index in [2.05, 4.69) is 34.6 Å². The van der Waals surface area contributed by atoms with E-state index in [1.54, 1.807) is 0 Å². The molecule has 1 aliphatic heterocycles. The van der Waals surface area contributed by atoms with Gasteiger partial charge in [0.05, 0.1) is 6.04 Å². The SMILES string of the molecule is CC(CC(=O)NC(CN(C)C)c1ccccc1)C1CCNCC1.Cl.Cl. The summed E-state index contributed by atoms with van der Waals surface area (Å²) >= 11 is 0. The van der Waals surface area contributed by atoms with Gasteiger partial charge in [0.25, 0.3) is 0 Å². The maximum Gasteiger partial charge on any atom is 0.220 e. The molecule has 0 radical (unpaired) electrons. The van der Waals surface area contributed by atoms with Gasteiger partial charge in [-0.05, 0) is 57.4 Å². The summed E-state index contributed by atoms with van der Waals surface area (Å²) in [6, 6.07) is 10.3. The Labute approximate surface area is 164 Å². The number of hydrogen-bond donors (Lipinski definition) is 2. The Morgan fingerprint density at radius 1 is 1.20 bits per heavy atom. The van der Waals surface area contributed by atoms with Crippen molar-refractivity contribution in [1.29, 1.82) is 0 Å². The topological polar surface area (TPSA) is 44.4 Å². The Bertz CT molecular complexity index is 479. The van der Waals surface area contributed by atoms with Crippen molar-refractivity contribution in [2.75, 3.05) is 33.7 Å². The number of benzene rings is 1. The van der Waals surface area contributed by atoms with Gasteiger partial charge in [-0.2, -0.15) is 0 Å². The first-order valence-corrected chi connectivity index (χ1v) is 8.76. The molecule has 25 heavy (non-hydrogen) atoms. The van der Waals surface area contributed by atoms with Crippen molar-refractivity contribution >= 4 is 30.7 Å². The van der Waals surface area contributed by atoms with Crippen molar-refractivity contribution in [2.24, 2.45) is 11.8 Å². The summed E-state index contributed by atoms with van der Waals surface area (Å²) < 4.78 is 0. The molecule has 1 heterocycles. The average molecular weight is 390 g/mol. The Balaban J connectivity index is 0.00000288. The van der Waals surface area contributed by atoms with Crippen LogP contribution in [0.5, 0.6) is 0 Å². The number of rotatable bonds is 7. The van der Waals surface area contributed by atoms with Crippen molar-refractivity contribution < 1.29 is 4.79 Å². The molecule has 144 valence electrons. The highest BCUT2D eigenvalue weighted by Crippen LogP contribution is 2.24. The average Bonchev–Trinajstić information content (AvgIpc) is 2.55. The minimum atomic E-state index is 0. The summed E-state index contributed by atoms with van der Waals surface area (Å²) in [5.41, 5.74) is 1.17. The first-order chi connectivity index (χ1) is 11.1. The summed E-state index contributed by atoms with van der Waals surface area (Å²) in [6.07, 6.45) is 3.00. The zero-order valence-electron chi connectivity index (χ0n) is 15.5. The molecule has 1 saturated heterocycles. The molecule has 1 amide bonds. The number of hydrogen-bond acceptors (Lipinski definition) is 3. The van der Waals surface area contributed by atoms with Gasteiger partial charge in [0.2, 0.25) is 5.91 Å². The molecule has 0 spiro atoms. The number of amides is 1. The minimum absolute atomic E-state index is 0. The quantitative estimate of drug-likeness (QED) is 0.751. The maximum atomic E-state index is 12.5. The van der Waals surface area contributed by atoms with Gasteiger partial charge in [0.15, 0.2) is 0 Å². The Morgan fingerprint density at radius 2 is 1.80 bits per heavy atom. The molecule has 2 rings (SSSR count). The second-order valence-electron chi connectivity index (χ2n) is 7.06. The fraction of sp³-hybridized carbons (Fsp3) is 0.632. The van der Waals surface area contributed by atoms with Gasteiger partial charge >= 0.3 is 0 Å². The van der Waals surface area contributed by atoms with Crippen molar-refractivity contribution in [1.82, 2.24) is 15.5 Å². The summed E-state index contributed by atoms with van der Waals surface area (Å²) in [4.78, 5) is 14.6. The Hall–Kier alpha value is -0.810. The lowest BCUT2D eigenvalue weighted by Gasteiger charge is -2.29. The van der Waals surface area contributed by atoms with E-state index in [-0.39, 0.29) is 36.8 Å². The van der Waals surface area contributed by atoms with Crippen molar-refractivity contribution in [3.63, 3.8) is 0 Å². The summed E-state index contributed by atoms with van der Waals surface area (Å²) in [7, 11) is 4.08. The van der Waals surface area contributed by atoms with Gasteiger partial charge in [-0.1, -0.05) is 37.3 Å². The zero-order chi connectivity index (χ0) is 16.7. The highest BCUT2D eigenvalue weighted by atomic mass is 35.5. The van der Waals surface area contributed by atoms with Crippen LogP contribution in [0.15, 0.2) is 30.3 Å². The van der Waals surface area contributed by atoms with Crippen LogP contribution in [0.25, 0.3) is 0 Å². The fourth-order valence-corrected chi connectivity index (χ4v) is 3.41. The third-order valence-corrected chi connectivity index (χ3v) is 4.78. The molecular weight excluding hydrogens is 357 g/mol. The molecule has 6 heteroatoms. The number of nitrogens with one attached hydrogen (secondary N) is 2. The van der Waals surface area contributed by atoms with E-state index in [1.165, 1.54) is 18.4 Å². The molecule has 1 fully saturated rings. The predicted molar refractivity (Wildman–Crippen MR) is 110 cm³/mol. The molecular formula is C19H33Cl2N3O. The van der Waals surface area contributed by atoms with E-state index in [1.807, 2.05) is 32.3 Å². The van der Waals surface area contributed by atoms with Gasteiger partial charge in [-0.15, -0.1) is 24.8 Å². The largest absolute Gasteiger partial charge is 0.348 e. The predicted octanol–water partition coefficient (Wildman–Crippen LogP) is 3.27. The molecule has 4 nitrogen and oxygen atoms in total. The van der Waals surface area contributed by atoms with Crippen LogP contribution in [0.3, 0.4) is 0 Å². The number of piperidine rings is 1. The number of likely N-dealkylation sites (N-methyl/N-ethyl adjacent to an activating group) is 1. The molecule has 0 bridgehead atoms. The number of carbonyl (C=O) groups excluding carboxylic acids is 1. The lowest BCUT2D eigenvalue weighted by molar-refractivity contribution is -0.123. The molecule has 0 aromatic heterocycles. The second-order valence-corrected chi connectivity index (χ2v) is 7.06. The van der Waals surface area contributed by atoms with E-state index < -0.39 is 0 Å². The fourth-order valence-electron chi connectivity index (χ4n) is 3.41. The smallest absolute Gasteiger partial charge is 0.220 e. The van der Waals surface area contributed by atoms with Crippen LogP contribution in [0, 0.1) is 11.8 Å². The molecule has 1 aromatic carbocycles. The molecule has 2 atom stereocenters. The second kappa shape index (κ2) is 12.5. The molecule has 2 unspecified atom stereocenters. The summed E-state index contributed by atoms with van der Waals surface area (Å²) in [5, 5.41) is 6.63. The first-order valence-electron chi connectivity index (χ1n) is 8.76. The first kappa shape index (κ1) is 24.2. The number of halogens is 2. The monoisotopic (exact) mass is 389 g/mol. The lowest BCUT2D eigenvalue weighted by atomic mass is 9.84. The molecule has 1 aromatic rings. The maximum absolute atomic E-state index is 12.5. The van der Waals surface area contributed by atoms with Crippen LogP contribution >= 0.6 is 24.8 Å². The standard InChI is InChI=1S/C19H31N3O.2ClH/c1-15(16-9-11-20-12-10-16)13-19(23)21-18(14-22(2)3)17-7-5-4-6-8-17;;/h4-8,15-16,18,20H,9-14H2,1-3H3,(H,21,23);2*1H. The Kier molecular flexibility index (Phi) is 12.1. The molecule has 1 aliphatic rings. The molecule has 2 N–H and O–H groups in total. The van der Waals surface area contributed by atoms with Gasteiger partial charge in [-0.25, -0.2) is 0 Å². The third-order valence-electron chi connectivity index (χ3n) is 4.78. The highest BCUT2D eigenvalue weighted by Gasteiger charge is 2.23. The van der Waals surface area contributed by atoms with E-state index >= 15 is 0 Å². The van der Waals surface area contributed by atoms with E-state index in [0.717, 1.165) is 19.6 Å². The van der Waals surface area contributed by atoms with Gasteiger partial charge < -0.3 is 15.5 Å². The van der Waals surface area contributed by atoms with Gasteiger partial charge in [0.1, 0.15) is 0 Å². The lowest BCUT2D eigenvalue weighted by Crippen LogP contribution is -2.37. The van der Waals surface area contributed by atoms with E-state index in [9.17, 15) is 4.79 Å². The minimum Gasteiger partial charge on any atom is -0.348 e. The van der Waals surface area contributed by atoms with Crippen LogP contribution in [-0.2, 0) is 4.79 Å². The normalized spacial score (nSPS) is 17.1. The Morgan fingerprint density at radius 3 is 2.36 bits per heavy atom. The van der Waals surface area contributed by atoms with E-state index in [4.69, 9.17) is 0 Å². The summed E-state index contributed by atoms with van der Waals surface area (Å²) in [6.45, 7) is 5.21. The van der Waals surface area contributed by atoms with Crippen LogP contribution in [-0.4, -0.2) is 44.5 Å². The van der Waals surface area contributed by atoms with Crippen LogP contribution in [0.4, 0.5) is 0 Å². The van der Waals surface area contributed by atoms with Crippen LogP contribution in [0.2, 0.25) is 0 Å². The highest BCUT2D eigenvalue weighted by molar-refractivity contribution is 5.85. The van der Waals surface area contributed by atoms with Crippen LogP contribution in [0.1, 0.15) is 37.8 Å².